The lowest BCUT2D eigenvalue weighted by Gasteiger charge is -2.33. The number of hydrogen-bond donors (Lipinski definition) is 0. The molecule has 12 heteroatoms. The molecule has 174 valence electrons. The van der Waals surface area contributed by atoms with Crippen LogP contribution in [0.2, 0.25) is 0 Å². The summed E-state index contributed by atoms with van der Waals surface area (Å²) in [5.41, 5.74) is 0.450. The van der Waals surface area contributed by atoms with Gasteiger partial charge in [-0.3, -0.25) is 14.4 Å². The van der Waals surface area contributed by atoms with Crippen LogP contribution < -0.4 is 4.80 Å². The Labute approximate surface area is 188 Å². The molecule has 1 saturated heterocycles. The van der Waals surface area contributed by atoms with Crippen LogP contribution in [0.1, 0.15) is 26.2 Å². The van der Waals surface area contributed by atoms with Gasteiger partial charge in [-0.15, -0.1) is 0 Å². The summed E-state index contributed by atoms with van der Waals surface area (Å²) in [5, 5.41) is 0. The first-order valence-corrected chi connectivity index (χ1v) is 12.7. The highest BCUT2D eigenvalue weighted by molar-refractivity contribution is 7.92. The summed E-state index contributed by atoms with van der Waals surface area (Å²) in [6.07, 6.45) is 2.61. The predicted octanol–water partition coefficient (Wildman–Crippen LogP) is 1.26. The van der Waals surface area contributed by atoms with Crippen molar-refractivity contribution in [3.63, 3.8) is 0 Å². The number of nitrogens with zero attached hydrogens (tertiary/aromatic N) is 3. The quantitative estimate of drug-likeness (QED) is 0.569. The molecule has 1 fully saturated rings. The van der Waals surface area contributed by atoms with E-state index in [1.54, 1.807) is 0 Å². The summed E-state index contributed by atoms with van der Waals surface area (Å²) in [7, 11) is -2.84. The van der Waals surface area contributed by atoms with Crippen LogP contribution >= 0.6 is 11.3 Å². The van der Waals surface area contributed by atoms with Crippen LogP contribution in [0, 0.1) is 5.82 Å². The topological polar surface area (TPSA) is 115 Å². The fourth-order valence-corrected chi connectivity index (χ4v) is 5.75. The van der Waals surface area contributed by atoms with Crippen LogP contribution in [0.3, 0.4) is 0 Å². The summed E-state index contributed by atoms with van der Waals surface area (Å²) in [6.45, 7) is 2.08. The van der Waals surface area contributed by atoms with Gasteiger partial charge in [0.1, 0.15) is 23.9 Å². The number of likely N-dealkylation sites (tertiary alicyclic amines) is 1. The van der Waals surface area contributed by atoms with Crippen LogP contribution in [-0.2, 0) is 35.5 Å². The first-order chi connectivity index (χ1) is 15.1. The van der Waals surface area contributed by atoms with Gasteiger partial charge >= 0.3 is 5.97 Å². The molecule has 2 heterocycles. The highest BCUT2D eigenvalue weighted by atomic mass is 32.2. The third-order valence-electron chi connectivity index (χ3n) is 5.19. The lowest BCUT2D eigenvalue weighted by atomic mass is 10.0. The number of amides is 2. The molecule has 1 atom stereocenters. The number of halogens is 1. The maximum atomic E-state index is 13.6. The Balaban J connectivity index is 1.83. The number of hydrogen-bond acceptors (Lipinski definition) is 7. The Morgan fingerprint density at radius 2 is 2.00 bits per heavy atom. The standard InChI is InChI=1S/C20H24FN3O6S2/c1-13-5-3-4-8-23(13)18(26)12-32(28,29)11-17(25)22-20-24(10-19(27)30-2)15-7-6-14(21)9-16(15)31-20/h6-7,9,13H,3-5,8,10-12H2,1-2H3. The molecule has 1 unspecified atom stereocenters. The van der Waals surface area contributed by atoms with E-state index in [2.05, 4.69) is 9.73 Å². The average molecular weight is 486 g/mol. The van der Waals surface area contributed by atoms with Crippen LogP contribution in [0.25, 0.3) is 10.2 Å². The normalized spacial score (nSPS) is 17.5. The van der Waals surface area contributed by atoms with E-state index in [0.29, 0.717) is 16.8 Å². The zero-order valence-corrected chi connectivity index (χ0v) is 19.4. The molecule has 1 aliphatic rings. The van der Waals surface area contributed by atoms with Crippen LogP contribution in [0.5, 0.6) is 0 Å². The number of rotatable bonds is 6. The molecule has 1 aromatic carbocycles. The van der Waals surface area contributed by atoms with Crippen LogP contribution in [-0.4, -0.2) is 66.9 Å². The van der Waals surface area contributed by atoms with Crippen molar-refractivity contribution in [2.75, 3.05) is 25.2 Å². The summed E-state index contributed by atoms with van der Waals surface area (Å²) < 4.78 is 44.9. The van der Waals surface area contributed by atoms with E-state index in [4.69, 9.17) is 0 Å². The molecule has 0 aliphatic carbocycles. The molecular weight excluding hydrogens is 461 g/mol. The van der Waals surface area contributed by atoms with E-state index in [9.17, 15) is 27.2 Å². The number of methoxy groups -OCH3 is 1. The number of ether oxygens (including phenoxy) is 1. The number of fused-ring (bicyclic) bond motifs is 1. The summed E-state index contributed by atoms with van der Waals surface area (Å²) in [6, 6.07) is 3.82. The van der Waals surface area contributed by atoms with Gasteiger partial charge in [-0.1, -0.05) is 11.3 Å². The number of carbonyl (C=O) groups excluding carboxylic acids is 3. The van der Waals surface area contributed by atoms with E-state index in [-0.39, 0.29) is 17.4 Å². The van der Waals surface area contributed by atoms with Crippen molar-refractivity contribution in [1.29, 1.82) is 0 Å². The molecule has 0 radical (unpaired) electrons. The molecule has 1 aromatic heterocycles. The molecule has 3 rings (SSSR count). The van der Waals surface area contributed by atoms with Gasteiger partial charge in [-0.25, -0.2) is 12.8 Å². The smallest absolute Gasteiger partial charge is 0.325 e. The van der Waals surface area contributed by atoms with Gasteiger partial charge in [0.05, 0.1) is 17.3 Å². The first-order valence-electron chi connectivity index (χ1n) is 10.0. The highest BCUT2D eigenvalue weighted by Gasteiger charge is 2.28. The van der Waals surface area contributed by atoms with Crippen molar-refractivity contribution in [2.45, 2.75) is 38.8 Å². The van der Waals surface area contributed by atoms with Gasteiger partial charge in [0.2, 0.25) is 5.91 Å². The highest BCUT2D eigenvalue weighted by Crippen LogP contribution is 2.19. The number of thiazole rings is 1. The van der Waals surface area contributed by atoms with E-state index < -0.39 is 44.9 Å². The fourth-order valence-electron chi connectivity index (χ4n) is 3.60. The van der Waals surface area contributed by atoms with Crippen LogP contribution in [0.4, 0.5) is 4.39 Å². The van der Waals surface area contributed by atoms with Crippen molar-refractivity contribution in [3.8, 4) is 0 Å². The molecule has 0 bridgehead atoms. The lowest BCUT2D eigenvalue weighted by Crippen LogP contribution is -2.45. The Bertz CT molecular complexity index is 1220. The molecular formula is C20H24FN3O6S2. The Morgan fingerprint density at radius 1 is 1.25 bits per heavy atom. The monoisotopic (exact) mass is 485 g/mol. The van der Waals surface area contributed by atoms with E-state index in [1.165, 1.54) is 34.8 Å². The number of piperidine rings is 1. The molecule has 0 N–H and O–H groups in total. The molecule has 2 amide bonds. The minimum Gasteiger partial charge on any atom is -0.468 e. The lowest BCUT2D eigenvalue weighted by molar-refractivity contribution is -0.141. The van der Waals surface area contributed by atoms with Gasteiger partial charge in [0.15, 0.2) is 14.6 Å². The van der Waals surface area contributed by atoms with Crippen LogP contribution in [0.15, 0.2) is 23.2 Å². The Kier molecular flexibility index (Phi) is 7.44. The first kappa shape index (κ1) is 24.1. The number of aromatic nitrogens is 1. The minimum absolute atomic E-state index is 0.0344. The average Bonchev–Trinajstić information content (AvgIpc) is 3.02. The van der Waals surface area contributed by atoms with Crippen molar-refractivity contribution < 1.29 is 31.9 Å². The molecule has 9 nitrogen and oxygen atoms in total. The Hall–Kier alpha value is -2.60. The second-order valence-electron chi connectivity index (χ2n) is 7.63. The fraction of sp³-hybridized carbons (Fsp3) is 0.500. The second-order valence-corrected chi connectivity index (χ2v) is 10.7. The Morgan fingerprint density at radius 3 is 2.69 bits per heavy atom. The minimum atomic E-state index is -4.04. The third kappa shape index (κ3) is 5.80. The molecule has 1 aliphatic heterocycles. The zero-order chi connectivity index (χ0) is 23.5. The zero-order valence-electron chi connectivity index (χ0n) is 17.7. The van der Waals surface area contributed by atoms with E-state index >= 15 is 0 Å². The molecule has 0 saturated carbocycles. The van der Waals surface area contributed by atoms with Gasteiger partial charge < -0.3 is 14.2 Å². The van der Waals surface area contributed by atoms with E-state index in [0.717, 1.165) is 30.6 Å². The van der Waals surface area contributed by atoms with Gasteiger partial charge in [0, 0.05) is 12.6 Å². The summed E-state index contributed by atoms with van der Waals surface area (Å²) in [5.74, 6) is -4.33. The number of esters is 1. The largest absolute Gasteiger partial charge is 0.468 e. The number of sulfone groups is 1. The summed E-state index contributed by atoms with van der Waals surface area (Å²) in [4.78, 5) is 42.1. The third-order valence-corrected chi connectivity index (χ3v) is 7.60. The molecule has 2 aromatic rings. The summed E-state index contributed by atoms with van der Waals surface area (Å²) >= 11 is 0.939. The van der Waals surface area contributed by atoms with E-state index in [1.807, 2.05) is 6.92 Å². The number of carbonyl (C=O) groups is 3. The van der Waals surface area contributed by atoms with Gasteiger partial charge in [0.25, 0.3) is 5.91 Å². The molecule has 0 spiro atoms. The van der Waals surface area contributed by atoms with Crippen molar-refractivity contribution in [2.24, 2.45) is 4.99 Å². The van der Waals surface area contributed by atoms with Gasteiger partial charge in [-0.05, 0) is 44.4 Å². The SMILES string of the molecule is COC(=O)Cn1c(=NC(=O)CS(=O)(=O)CC(=O)N2CCCCC2C)sc2cc(F)ccc21. The van der Waals surface area contributed by atoms with Crippen molar-refractivity contribution in [1.82, 2.24) is 9.47 Å². The van der Waals surface area contributed by atoms with Crippen molar-refractivity contribution in [3.05, 3.63) is 28.8 Å². The second kappa shape index (κ2) is 9.90. The predicted molar refractivity (Wildman–Crippen MR) is 116 cm³/mol. The molecule has 32 heavy (non-hydrogen) atoms. The van der Waals surface area contributed by atoms with Gasteiger partial charge in [-0.2, -0.15) is 4.99 Å². The maximum absolute atomic E-state index is 13.6. The number of benzene rings is 1. The van der Waals surface area contributed by atoms with Crippen molar-refractivity contribution >= 4 is 49.2 Å². The maximum Gasteiger partial charge on any atom is 0.325 e.